The maximum atomic E-state index is 5.71. The Labute approximate surface area is 102 Å². The van der Waals surface area contributed by atoms with Gasteiger partial charge in [0.25, 0.3) is 0 Å². The summed E-state index contributed by atoms with van der Waals surface area (Å²) in [5.41, 5.74) is 0. The molecule has 3 heteroatoms. The summed E-state index contributed by atoms with van der Waals surface area (Å²) in [5, 5.41) is 0. The van der Waals surface area contributed by atoms with Crippen LogP contribution in [0.15, 0.2) is 12.1 Å². The fourth-order valence-corrected chi connectivity index (χ4v) is 2.67. The Hall–Kier alpha value is -0.0500. The lowest BCUT2D eigenvalue weighted by Gasteiger charge is -2.18. The number of halogens is 1. The molecule has 15 heavy (non-hydrogen) atoms. The molecule has 0 spiro atoms. The predicted octanol–water partition coefficient (Wildman–Crippen LogP) is 3.76. The third-order valence-corrected chi connectivity index (χ3v) is 3.98. The van der Waals surface area contributed by atoms with E-state index in [1.165, 1.54) is 9.75 Å². The van der Waals surface area contributed by atoms with Crippen molar-refractivity contribution in [3.63, 3.8) is 0 Å². The molecule has 0 N–H and O–H groups in total. The average molecular weight is 246 g/mol. The van der Waals surface area contributed by atoms with Gasteiger partial charge in [-0.3, -0.25) is 4.90 Å². The Balaban J connectivity index is 2.43. The molecule has 0 aliphatic heterocycles. The number of hydrogen-bond donors (Lipinski definition) is 0. The zero-order chi connectivity index (χ0) is 11.1. The minimum absolute atomic E-state index is 0.765. The number of aryl methyl sites for hydroxylation is 1. The number of nitrogens with zero attached hydrogens (tertiary/aromatic N) is 1. The van der Waals surface area contributed by atoms with E-state index in [1.54, 1.807) is 0 Å². The zero-order valence-electron chi connectivity index (χ0n) is 9.63. The molecular formula is C12H20ClNS. The molecule has 0 aliphatic carbocycles. The van der Waals surface area contributed by atoms with Gasteiger partial charge in [0.2, 0.25) is 0 Å². The van der Waals surface area contributed by atoms with E-state index in [0.29, 0.717) is 0 Å². The fraction of sp³-hybridized carbons (Fsp3) is 0.667. The third kappa shape index (κ3) is 4.54. The lowest BCUT2D eigenvalue weighted by molar-refractivity contribution is 0.284. The van der Waals surface area contributed by atoms with Gasteiger partial charge in [-0.15, -0.1) is 22.9 Å². The van der Waals surface area contributed by atoms with E-state index in [4.69, 9.17) is 11.6 Å². The summed E-state index contributed by atoms with van der Waals surface area (Å²) < 4.78 is 0. The highest BCUT2D eigenvalue weighted by atomic mass is 35.5. The van der Waals surface area contributed by atoms with Crippen LogP contribution in [0, 0.1) is 0 Å². The summed E-state index contributed by atoms with van der Waals surface area (Å²) in [5.74, 6) is 0.765. The third-order valence-electron chi connectivity index (χ3n) is 2.50. The van der Waals surface area contributed by atoms with Crippen LogP contribution in [0.5, 0.6) is 0 Å². The summed E-state index contributed by atoms with van der Waals surface area (Å²) in [7, 11) is 0. The molecule has 86 valence electrons. The highest BCUT2D eigenvalue weighted by molar-refractivity contribution is 7.11. The largest absolute Gasteiger partial charge is 0.298 e. The smallest absolute Gasteiger partial charge is 0.0327 e. The Morgan fingerprint density at radius 2 is 2.00 bits per heavy atom. The summed E-state index contributed by atoms with van der Waals surface area (Å²) in [6.45, 7) is 7.72. The zero-order valence-corrected chi connectivity index (χ0v) is 11.2. The van der Waals surface area contributed by atoms with E-state index in [-0.39, 0.29) is 0 Å². The highest BCUT2D eigenvalue weighted by Crippen LogP contribution is 2.18. The molecule has 1 rings (SSSR count). The van der Waals surface area contributed by atoms with Gasteiger partial charge in [0.15, 0.2) is 0 Å². The molecule has 0 bridgehead atoms. The summed E-state index contributed by atoms with van der Waals surface area (Å²) in [6, 6.07) is 4.50. The van der Waals surface area contributed by atoms with Crippen molar-refractivity contribution in [2.24, 2.45) is 0 Å². The summed E-state index contributed by atoms with van der Waals surface area (Å²) >= 11 is 7.64. The molecule has 1 aromatic rings. The van der Waals surface area contributed by atoms with Crippen LogP contribution in [0.2, 0.25) is 0 Å². The average Bonchev–Trinajstić information content (AvgIpc) is 2.71. The van der Waals surface area contributed by atoms with Gasteiger partial charge >= 0.3 is 0 Å². The molecule has 1 nitrogen and oxygen atoms in total. The summed E-state index contributed by atoms with van der Waals surface area (Å²) in [4.78, 5) is 5.41. The van der Waals surface area contributed by atoms with Crippen LogP contribution in [0.4, 0.5) is 0 Å². The molecule has 0 fully saturated rings. The Kier molecular flexibility index (Phi) is 6.30. The van der Waals surface area contributed by atoms with Crippen molar-refractivity contribution in [2.45, 2.75) is 33.2 Å². The molecule has 0 saturated carbocycles. The quantitative estimate of drug-likeness (QED) is 0.662. The van der Waals surface area contributed by atoms with Crippen molar-refractivity contribution in [1.82, 2.24) is 4.90 Å². The first-order valence-electron chi connectivity index (χ1n) is 5.66. The van der Waals surface area contributed by atoms with E-state index < -0.39 is 0 Å². The Morgan fingerprint density at radius 1 is 1.27 bits per heavy atom. The first kappa shape index (κ1) is 13.0. The van der Waals surface area contributed by atoms with Gasteiger partial charge in [0.1, 0.15) is 0 Å². The predicted molar refractivity (Wildman–Crippen MR) is 70.0 cm³/mol. The van der Waals surface area contributed by atoms with Crippen LogP contribution in [-0.2, 0) is 13.0 Å². The molecule has 0 atom stereocenters. The Morgan fingerprint density at radius 3 is 2.53 bits per heavy atom. The van der Waals surface area contributed by atoms with Gasteiger partial charge < -0.3 is 0 Å². The molecule has 0 radical (unpaired) electrons. The lowest BCUT2D eigenvalue weighted by Crippen LogP contribution is -2.23. The van der Waals surface area contributed by atoms with E-state index in [2.05, 4.69) is 30.9 Å². The number of rotatable bonds is 7. The topological polar surface area (TPSA) is 3.24 Å². The first-order chi connectivity index (χ1) is 7.30. The number of hydrogen-bond acceptors (Lipinski definition) is 2. The normalized spacial score (nSPS) is 11.2. The maximum absolute atomic E-state index is 5.71. The second-order valence-corrected chi connectivity index (χ2v) is 5.26. The molecule has 0 aromatic carbocycles. The van der Waals surface area contributed by atoms with Crippen LogP contribution in [0.25, 0.3) is 0 Å². The molecule has 0 unspecified atom stereocenters. The highest BCUT2D eigenvalue weighted by Gasteiger charge is 2.05. The van der Waals surface area contributed by atoms with E-state index in [1.807, 2.05) is 11.3 Å². The van der Waals surface area contributed by atoms with Crippen LogP contribution in [-0.4, -0.2) is 23.9 Å². The van der Waals surface area contributed by atoms with Gasteiger partial charge in [-0.2, -0.15) is 0 Å². The van der Waals surface area contributed by atoms with Crippen molar-refractivity contribution in [3.8, 4) is 0 Å². The van der Waals surface area contributed by atoms with Crippen molar-refractivity contribution >= 4 is 22.9 Å². The van der Waals surface area contributed by atoms with Crippen molar-refractivity contribution in [2.75, 3.05) is 19.0 Å². The number of thiophene rings is 1. The van der Waals surface area contributed by atoms with Crippen LogP contribution in [0.1, 0.15) is 30.0 Å². The second kappa shape index (κ2) is 7.26. The SMILES string of the molecule is CCc1ccc(CN(CC)CCCCl)s1. The van der Waals surface area contributed by atoms with Crippen molar-refractivity contribution in [1.29, 1.82) is 0 Å². The van der Waals surface area contributed by atoms with Crippen LogP contribution < -0.4 is 0 Å². The fourth-order valence-electron chi connectivity index (χ4n) is 1.55. The minimum atomic E-state index is 0.765. The van der Waals surface area contributed by atoms with Gasteiger partial charge in [0, 0.05) is 22.2 Å². The molecule has 0 saturated heterocycles. The molecular weight excluding hydrogens is 226 g/mol. The summed E-state index contributed by atoms with van der Waals surface area (Å²) in [6.07, 6.45) is 2.24. The van der Waals surface area contributed by atoms with Gasteiger partial charge in [-0.05, 0) is 38.1 Å². The first-order valence-corrected chi connectivity index (χ1v) is 7.01. The molecule has 0 amide bonds. The maximum Gasteiger partial charge on any atom is 0.0327 e. The van der Waals surface area contributed by atoms with E-state index in [9.17, 15) is 0 Å². The van der Waals surface area contributed by atoms with Crippen LogP contribution >= 0.6 is 22.9 Å². The van der Waals surface area contributed by atoms with Gasteiger partial charge in [-0.25, -0.2) is 0 Å². The number of alkyl halides is 1. The van der Waals surface area contributed by atoms with E-state index >= 15 is 0 Å². The Bertz CT molecular complexity index is 272. The lowest BCUT2D eigenvalue weighted by atomic mass is 10.3. The van der Waals surface area contributed by atoms with Gasteiger partial charge in [-0.1, -0.05) is 13.8 Å². The minimum Gasteiger partial charge on any atom is -0.298 e. The molecule has 1 heterocycles. The second-order valence-electron chi connectivity index (χ2n) is 3.63. The monoisotopic (exact) mass is 245 g/mol. The van der Waals surface area contributed by atoms with Crippen molar-refractivity contribution < 1.29 is 0 Å². The standard InChI is InChI=1S/C12H20ClNS/c1-3-11-6-7-12(15-11)10-14(4-2)9-5-8-13/h6-7H,3-5,8-10H2,1-2H3. The van der Waals surface area contributed by atoms with E-state index in [0.717, 1.165) is 38.4 Å². The van der Waals surface area contributed by atoms with Crippen molar-refractivity contribution in [3.05, 3.63) is 21.9 Å². The van der Waals surface area contributed by atoms with Crippen LogP contribution in [0.3, 0.4) is 0 Å². The molecule has 0 aliphatic rings. The van der Waals surface area contributed by atoms with Gasteiger partial charge in [0.05, 0.1) is 0 Å². The molecule has 1 aromatic heterocycles.